The van der Waals surface area contributed by atoms with Crippen LogP contribution >= 0.6 is 0 Å². The first-order valence-corrected chi connectivity index (χ1v) is 5.78. The topological polar surface area (TPSA) is 42.2 Å². The maximum atomic E-state index is 13.4. The zero-order chi connectivity index (χ0) is 14.5. The van der Waals surface area contributed by atoms with E-state index in [4.69, 9.17) is 14.7 Å². The summed E-state index contributed by atoms with van der Waals surface area (Å²) >= 11 is 0. The Labute approximate surface area is 115 Å². The Balaban J connectivity index is 2.18. The minimum Gasteiger partial charge on any atom is -0.497 e. The zero-order valence-electron chi connectivity index (χ0n) is 10.7. The number of benzene rings is 2. The van der Waals surface area contributed by atoms with Crippen molar-refractivity contribution in [1.29, 1.82) is 5.26 Å². The van der Waals surface area contributed by atoms with Gasteiger partial charge in [-0.25, -0.2) is 8.78 Å². The molecule has 0 atom stereocenters. The maximum Gasteiger partial charge on any atom is 0.130 e. The summed E-state index contributed by atoms with van der Waals surface area (Å²) in [6.07, 6.45) is 0. The molecule has 0 amide bonds. The van der Waals surface area contributed by atoms with Gasteiger partial charge in [-0.1, -0.05) is 0 Å². The minimum absolute atomic E-state index is 0.103. The smallest absolute Gasteiger partial charge is 0.130 e. The lowest BCUT2D eigenvalue weighted by Crippen LogP contribution is -2.00. The third kappa shape index (κ3) is 3.23. The van der Waals surface area contributed by atoms with E-state index >= 15 is 0 Å². The summed E-state index contributed by atoms with van der Waals surface area (Å²) < 4.78 is 36.9. The molecule has 0 saturated carbocycles. The Morgan fingerprint density at radius 1 is 1.10 bits per heavy atom. The molecule has 0 aliphatic carbocycles. The number of nitriles is 1. The number of ether oxygens (including phenoxy) is 2. The van der Waals surface area contributed by atoms with Crippen LogP contribution in [0.25, 0.3) is 0 Å². The van der Waals surface area contributed by atoms with Crippen molar-refractivity contribution in [2.75, 3.05) is 7.11 Å². The molecule has 20 heavy (non-hydrogen) atoms. The van der Waals surface area contributed by atoms with Gasteiger partial charge in [-0.15, -0.1) is 0 Å². The Kier molecular flexibility index (Phi) is 4.16. The molecule has 0 spiro atoms. The minimum atomic E-state index is -0.546. The van der Waals surface area contributed by atoms with Crippen LogP contribution < -0.4 is 9.47 Å². The molecule has 0 saturated heterocycles. The molecule has 0 aliphatic rings. The van der Waals surface area contributed by atoms with E-state index in [0.717, 1.165) is 18.2 Å². The Hall–Kier alpha value is -2.61. The first-order chi connectivity index (χ1) is 9.62. The second-order valence-corrected chi connectivity index (χ2v) is 4.03. The molecule has 0 heterocycles. The van der Waals surface area contributed by atoms with Gasteiger partial charge < -0.3 is 9.47 Å². The maximum absolute atomic E-state index is 13.4. The van der Waals surface area contributed by atoms with Crippen LogP contribution in [-0.4, -0.2) is 7.11 Å². The number of nitrogens with zero attached hydrogens (tertiary/aromatic N) is 1. The van der Waals surface area contributed by atoms with Crippen LogP contribution in [0.3, 0.4) is 0 Å². The van der Waals surface area contributed by atoms with Crippen molar-refractivity contribution in [3.8, 4) is 17.6 Å². The predicted molar refractivity (Wildman–Crippen MR) is 68.4 cm³/mol. The third-order valence-electron chi connectivity index (χ3n) is 2.65. The summed E-state index contributed by atoms with van der Waals surface area (Å²) in [5.74, 6) is -0.272. The van der Waals surface area contributed by atoms with Gasteiger partial charge >= 0.3 is 0 Å². The standard InChI is InChI=1S/C15H11F2NO2/c1-19-13-4-10(8-18)5-14(7-13)20-9-11-6-12(16)2-3-15(11)17/h2-7H,9H2,1H3. The van der Waals surface area contributed by atoms with E-state index in [1.165, 1.54) is 13.2 Å². The normalized spacial score (nSPS) is 9.90. The van der Waals surface area contributed by atoms with E-state index in [1.807, 2.05) is 6.07 Å². The molecule has 3 nitrogen and oxygen atoms in total. The number of hydrogen-bond donors (Lipinski definition) is 0. The molecular weight excluding hydrogens is 264 g/mol. The summed E-state index contributed by atoms with van der Waals surface area (Å²) in [5.41, 5.74) is 0.463. The van der Waals surface area contributed by atoms with Crippen molar-refractivity contribution in [3.63, 3.8) is 0 Å². The Morgan fingerprint density at radius 2 is 1.85 bits per heavy atom. The fourth-order valence-corrected chi connectivity index (χ4v) is 1.65. The quantitative estimate of drug-likeness (QED) is 0.858. The molecule has 0 bridgehead atoms. The monoisotopic (exact) mass is 275 g/mol. The van der Waals surface area contributed by atoms with E-state index in [0.29, 0.717) is 17.1 Å². The molecule has 0 aromatic heterocycles. The lowest BCUT2D eigenvalue weighted by Gasteiger charge is -2.09. The van der Waals surface area contributed by atoms with Gasteiger partial charge in [0.1, 0.15) is 29.7 Å². The fraction of sp³-hybridized carbons (Fsp3) is 0.133. The Morgan fingerprint density at radius 3 is 2.55 bits per heavy atom. The molecule has 0 radical (unpaired) electrons. The van der Waals surface area contributed by atoms with Crippen LogP contribution in [-0.2, 0) is 6.61 Å². The average Bonchev–Trinajstić information content (AvgIpc) is 2.47. The predicted octanol–water partition coefficient (Wildman–Crippen LogP) is 3.42. The van der Waals surface area contributed by atoms with Gasteiger partial charge in [0.25, 0.3) is 0 Å². The number of hydrogen-bond acceptors (Lipinski definition) is 3. The second kappa shape index (κ2) is 6.02. The van der Waals surface area contributed by atoms with Crippen molar-refractivity contribution < 1.29 is 18.3 Å². The SMILES string of the molecule is COc1cc(C#N)cc(OCc2cc(F)ccc2F)c1. The largest absolute Gasteiger partial charge is 0.497 e. The van der Waals surface area contributed by atoms with Gasteiger partial charge in [0, 0.05) is 11.6 Å². The molecular formula is C15H11F2NO2. The summed E-state index contributed by atoms with van der Waals surface area (Å²) in [4.78, 5) is 0. The molecule has 0 fully saturated rings. The van der Waals surface area contributed by atoms with Crippen LogP contribution in [0.4, 0.5) is 8.78 Å². The first-order valence-electron chi connectivity index (χ1n) is 5.78. The van der Waals surface area contributed by atoms with Crippen molar-refractivity contribution >= 4 is 0 Å². The van der Waals surface area contributed by atoms with Gasteiger partial charge in [-0.05, 0) is 30.3 Å². The lowest BCUT2D eigenvalue weighted by molar-refractivity contribution is 0.296. The van der Waals surface area contributed by atoms with Crippen LogP contribution in [0.2, 0.25) is 0 Å². The molecule has 0 unspecified atom stereocenters. The van der Waals surface area contributed by atoms with Crippen LogP contribution in [0.15, 0.2) is 36.4 Å². The van der Waals surface area contributed by atoms with E-state index in [9.17, 15) is 8.78 Å². The lowest BCUT2D eigenvalue weighted by atomic mass is 10.2. The van der Waals surface area contributed by atoms with Crippen molar-refractivity contribution in [2.24, 2.45) is 0 Å². The van der Waals surface area contributed by atoms with Crippen molar-refractivity contribution in [3.05, 3.63) is 59.2 Å². The van der Waals surface area contributed by atoms with Gasteiger partial charge in [0.2, 0.25) is 0 Å². The second-order valence-electron chi connectivity index (χ2n) is 4.03. The highest BCUT2D eigenvalue weighted by Gasteiger charge is 2.07. The van der Waals surface area contributed by atoms with Gasteiger partial charge in [0.05, 0.1) is 18.7 Å². The van der Waals surface area contributed by atoms with E-state index in [2.05, 4.69) is 0 Å². The summed E-state index contributed by atoms with van der Waals surface area (Å²) in [5, 5.41) is 8.88. The summed E-state index contributed by atoms with van der Waals surface area (Å²) in [6, 6.07) is 9.74. The van der Waals surface area contributed by atoms with Crippen molar-refractivity contribution in [1.82, 2.24) is 0 Å². The van der Waals surface area contributed by atoms with Gasteiger partial charge in [-0.2, -0.15) is 5.26 Å². The van der Waals surface area contributed by atoms with E-state index in [-0.39, 0.29) is 12.2 Å². The molecule has 102 valence electrons. The number of methoxy groups -OCH3 is 1. The first kappa shape index (κ1) is 13.8. The fourth-order valence-electron chi connectivity index (χ4n) is 1.65. The number of rotatable bonds is 4. The highest BCUT2D eigenvalue weighted by molar-refractivity contribution is 5.43. The highest BCUT2D eigenvalue weighted by Crippen LogP contribution is 2.23. The molecule has 0 N–H and O–H groups in total. The van der Waals surface area contributed by atoms with Gasteiger partial charge in [0.15, 0.2) is 0 Å². The molecule has 2 aromatic carbocycles. The van der Waals surface area contributed by atoms with Crippen LogP contribution in [0.1, 0.15) is 11.1 Å². The van der Waals surface area contributed by atoms with Crippen LogP contribution in [0.5, 0.6) is 11.5 Å². The molecule has 2 rings (SSSR count). The Bertz CT molecular complexity index is 665. The van der Waals surface area contributed by atoms with Crippen LogP contribution in [0, 0.1) is 23.0 Å². The van der Waals surface area contributed by atoms with E-state index < -0.39 is 11.6 Å². The number of halogens is 2. The molecule has 5 heteroatoms. The van der Waals surface area contributed by atoms with Crippen molar-refractivity contribution in [2.45, 2.75) is 6.61 Å². The molecule has 2 aromatic rings. The summed E-state index contributed by atoms with van der Waals surface area (Å²) in [6.45, 7) is -0.137. The average molecular weight is 275 g/mol. The van der Waals surface area contributed by atoms with Gasteiger partial charge in [-0.3, -0.25) is 0 Å². The van der Waals surface area contributed by atoms with E-state index in [1.54, 1.807) is 12.1 Å². The third-order valence-corrected chi connectivity index (χ3v) is 2.65. The molecule has 0 aliphatic heterocycles. The summed E-state index contributed by atoms with van der Waals surface area (Å²) in [7, 11) is 1.46. The zero-order valence-corrected chi connectivity index (χ0v) is 10.7. The highest BCUT2D eigenvalue weighted by atomic mass is 19.1.